The van der Waals surface area contributed by atoms with Gasteiger partial charge in [-0.05, 0) is 37.5 Å². The SMILES string of the molecule is CC(C)CCCCCC1(C(=O)O)CCCCC1(CC(C)C)C(=O)O. The Morgan fingerprint density at radius 1 is 0.833 bits per heavy atom. The molecule has 1 fully saturated rings. The van der Waals surface area contributed by atoms with Crippen LogP contribution >= 0.6 is 0 Å². The minimum atomic E-state index is -1.11. The van der Waals surface area contributed by atoms with E-state index in [1.165, 1.54) is 0 Å². The Balaban J connectivity index is 3.00. The molecule has 2 atom stereocenters. The molecule has 0 aromatic heterocycles. The van der Waals surface area contributed by atoms with Crippen LogP contribution in [-0.4, -0.2) is 22.2 Å². The fraction of sp³-hybridized carbons (Fsp3) is 0.900. The number of hydrogen-bond donors (Lipinski definition) is 2. The van der Waals surface area contributed by atoms with E-state index in [-0.39, 0.29) is 5.92 Å². The molecule has 4 nitrogen and oxygen atoms in total. The highest BCUT2D eigenvalue weighted by molar-refractivity contribution is 5.87. The molecule has 1 aliphatic carbocycles. The number of hydrogen-bond acceptors (Lipinski definition) is 2. The van der Waals surface area contributed by atoms with Gasteiger partial charge >= 0.3 is 11.9 Å². The van der Waals surface area contributed by atoms with Crippen LogP contribution in [-0.2, 0) is 9.59 Å². The molecule has 1 aliphatic rings. The van der Waals surface area contributed by atoms with Crippen molar-refractivity contribution in [3.63, 3.8) is 0 Å². The third-order valence-corrected chi connectivity index (χ3v) is 5.83. The summed E-state index contributed by atoms with van der Waals surface area (Å²) in [7, 11) is 0. The van der Waals surface area contributed by atoms with Crippen molar-refractivity contribution in [1.82, 2.24) is 0 Å². The molecule has 0 aliphatic heterocycles. The van der Waals surface area contributed by atoms with Crippen LogP contribution in [0.1, 0.15) is 91.9 Å². The van der Waals surface area contributed by atoms with E-state index in [1.54, 1.807) is 0 Å². The van der Waals surface area contributed by atoms with Crippen molar-refractivity contribution in [3.8, 4) is 0 Å². The van der Waals surface area contributed by atoms with Crippen LogP contribution < -0.4 is 0 Å². The van der Waals surface area contributed by atoms with Crippen molar-refractivity contribution in [2.75, 3.05) is 0 Å². The van der Waals surface area contributed by atoms with Gasteiger partial charge in [0.05, 0.1) is 10.8 Å². The molecule has 4 heteroatoms. The molecule has 0 heterocycles. The van der Waals surface area contributed by atoms with Crippen LogP contribution in [0.25, 0.3) is 0 Å². The highest BCUT2D eigenvalue weighted by Gasteiger charge is 2.61. The van der Waals surface area contributed by atoms with Crippen LogP contribution in [0.5, 0.6) is 0 Å². The first kappa shape index (κ1) is 21.0. The van der Waals surface area contributed by atoms with Crippen molar-refractivity contribution in [1.29, 1.82) is 0 Å². The molecule has 0 radical (unpaired) electrons. The molecule has 0 aromatic rings. The molecule has 0 saturated heterocycles. The summed E-state index contributed by atoms with van der Waals surface area (Å²) < 4.78 is 0. The lowest BCUT2D eigenvalue weighted by Crippen LogP contribution is -2.55. The molecule has 0 spiro atoms. The lowest BCUT2D eigenvalue weighted by Gasteiger charge is -2.49. The maximum absolute atomic E-state index is 12.3. The Morgan fingerprint density at radius 2 is 1.38 bits per heavy atom. The highest BCUT2D eigenvalue weighted by Crippen LogP contribution is 2.57. The summed E-state index contributed by atoms with van der Waals surface area (Å²) in [5.74, 6) is -0.958. The van der Waals surface area contributed by atoms with Crippen molar-refractivity contribution < 1.29 is 19.8 Å². The quantitative estimate of drug-likeness (QED) is 0.525. The smallest absolute Gasteiger partial charge is 0.310 e. The first-order valence-corrected chi connectivity index (χ1v) is 9.65. The predicted molar refractivity (Wildman–Crippen MR) is 96.0 cm³/mol. The van der Waals surface area contributed by atoms with Crippen LogP contribution in [0.3, 0.4) is 0 Å². The topological polar surface area (TPSA) is 74.6 Å². The van der Waals surface area contributed by atoms with Gasteiger partial charge in [0.2, 0.25) is 0 Å². The zero-order valence-corrected chi connectivity index (χ0v) is 15.9. The van der Waals surface area contributed by atoms with Gasteiger partial charge in [-0.15, -0.1) is 0 Å². The maximum Gasteiger partial charge on any atom is 0.310 e. The Kier molecular flexibility index (Phi) is 7.75. The second kappa shape index (κ2) is 8.87. The fourth-order valence-corrected chi connectivity index (χ4v) is 4.66. The van der Waals surface area contributed by atoms with E-state index >= 15 is 0 Å². The number of rotatable bonds is 10. The minimum Gasteiger partial charge on any atom is -0.481 e. The summed E-state index contributed by atoms with van der Waals surface area (Å²) >= 11 is 0. The third-order valence-electron chi connectivity index (χ3n) is 5.83. The zero-order chi connectivity index (χ0) is 18.4. The van der Waals surface area contributed by atoms with E-state index in [2.05, 4.69) is 13.8 Å². The van der Waals surface area contributed by atoms with E-state index in [9.17, 15) is 19.8 Å². The zero-order valence-electron chi connectivity index (χ0n) is 15.9. The second-order valence-corrected chi connectivity index (χ2v) is 8.57. The molecular formula is C20H36O4. The molecule has 2 unspecified atom stereocenters. The standard InChI is InChI=1S/C20H36O4/c1-15(2)10-6-5-7-11-19(17(21)22)12-8-9-13-20(19,18(23)24)14-16(3)4/h15-16H,5-14H2,1-4H3,(H,21,22)(H,23,24). The Hall–Kier alpha value is -1.06. The molecule has 0 amide bonds. The molecule has 24 heavy (non-hydrogen) atoms. The highest BCUT2D eigenvalue weighted by atomic mass is 16.4. The first-order valence-electron chi connectivity index (χ1n) is 9.65. The summed E-state index contributed by atoms with van der Waals surface area (Å²) in [5, 5.41) is 20.1. The van der Waals surface area contributed by atoms with Crippen molar-refractivity contribution in [3.05, 3.63) is 0 Å². The van der Waals surface area contributed by atoms with E-state index in [0.717, 1.165) is 38.5 Å². The van der Waals surface area contributed by atoms with Gasteiger partial charge in [-0.3, -0.25) is 9.59 Å². The van der Waals surface area contributed by atoms with Gasteiger partial charge in [0.25, 0.3) is 0 Å². The molecule has 0 aromatic carbocycles. The van der Waals surface area contributed by atoms with Gasteiger partial charge in [0.1, 0.15) is 0 Å². The minimum absolute atomic E-state index is 0.180. The lowest BCUT2D eigenvalue weighted by molar-refractivity contribution is -0.183. The summed E-state index contributed by atoms with van der Waals surface area (Å²) in [5.41, 5.74) is -2.21. The van der Waals surface area contributed by atoms with Crippen LogP contribution in [0.4, 0.5) is 0 Å². The van der Waals surface area contributed by atoms with E-state index in [0.29, 0.717) is 31.6 Å². The van der Waals surface area contributed by atoms with Crippen LogP contribution in [0.15, 0.2) is 0 Å². The normalized spacial score (nSPS) is 27.6. The molecule has 2 N–H and O–H groups in total. The van der Waals surface area contributed by atoms with E-state index in [4.69, 9.17) is 0 Å². The van der Waals surface area contributed by atoms with Gasteiger partial charge in [-0.2, -0.15) is 0 Å². The number of unbranched alkanes of at least 4 members (excludes halogenated alkanes) is 2. The molecule has 0 bridgehead atoms. The van der Waals surface area contributed by atoms with Gasteiger partial charge < -0.3 is 10.2 Å². The Morgan fingerprint density at radius 3 is 1.83 bits per heavy atom. The maximum atomic E-state index is 12.3. The summed E-state index contributed by atoms with van der Waals surface area (Å²) in [4.78, 5) is 24.5. The fourth-order valence-electron chi connectivity index (χ4n) is 4.66. The average Bonchev–Trinajstić information content (AvgIpc) is 2.47. The van der Waals surface area contributed by atoms with Crippen molar-refractivity contribution >= 4 is 11.9 Å². The van der Waals surface area contributed by atoms with Gasteiger partial charge in [-0.25, -0.2) is 0 Å². The number of carboxylic acid groups (broad SMARTS) is 2. The number of aliphatic carboxylic acids is 2. The molecule has 1 saturated carbocycles. The van der Waals surface area contributed by atoms with Gasteiger partial charge in [-0.1, -0.05) is 66.2 Å². The van der Waals surface area contributed by atoms with Crippen molar-refractivity contribution in [2.45, 2.75) is 91.9 Å². The monoisotopic (exact) mass is 340 g/mol. The number of carboxylic acids is 2. The predicted octanol–water partition coefficient (Wildman–Crippen LogP) is 5.36. The lowest BCUT2D eigenvalue weighted by atomic mass is 9.51. The van der Waals surface area contributed by atoms with Gasteiger partial charge in [0, 0.05) is 0 Å². The van der Waals surface area contributed by atoms with E-state index < -0.39 is 22.8 Å². The first-order chi connectivity index (χ1) is 11.2. The summed E-state index contributed by atoms with van der Waals surface area (Å²) in [6.45, 7) is 8.37. The second-order valence-electron chi connectivity index (χ2n) is 8.57. The van der Waals surface area contributed by atoms with Gasteiger partial charge in [0.15, 0.2) is 0 Å². The Bertz CT molecular complexity index is 429. The summed E-state index contributed by atoms with van der Waals surface area (Å²) in [6, 6.07) is 0. The largest absolute Gasteiger partial charge is 0.481 e. The molecule has 140 valence electrons. The molecule has 1 rings (SSSR count). The van der Waals surface area contributed by atoms with E-state index in [1.807, 2.05) is 13.8 Å². The van der Waals surface area contributed by atoms with Crippen molar-refractivity contribution in [2.24, 2.45) is 22.7 Å². The Labute approximate surface area is 147 Å². The molecular weight excluding hydrogens is 304 g/mol. The third kappa shape index (κ3) is 4.52. The number of carbonyl (C=O) groups is 2. The average molecular weight is 341 g/mol. The van der Waals surface area contributed by atoms with Crippen LogP contribution in [0, 0.1) is 22.7 Å². The van der Waals surface area contributed by atoms with Crippen LogP contribution in [0.2, 0.25) is 0 Å². The summed E-state index contributed by atoms with van der Waals surface area (Å²) in [6.07, 6.45) is 7.65.